The molecule has 3 heterocycles. The summed E-state index contributed by atoms with van der Waals surface area (Å²) < 4.78 is 0. The average Bonchev–Trinajstić information content (AvgIpc) is 3.20. The maximum Gasteiger partial charge on any atom is 0.273 e. The number of nitrogens with zero attached hydrogens (tertiary/aromatic N) is 4. The van der Waals surface area contributed by atoms with E-state index in [1.807, 2.05) is 65.1 Å². The van der Waals surface area contributed by atoms with Crippen molar-refractivity contribution < 1.29 is 4.79 Å². The Hall–Kier alpha value is -2.57. The maximum atomic E-state index is 12.8. The second kappa shape index (κ2) is 7.76. The molecule has 0 saturated carbocycles. The van der Waals surface area contributed by atoms with E-state index in [-0.39, 0.29) is 5.91 Å². The third kappa shape index (κ3) is 3.81. The van der Waals surface area contributed by atoms with Crippen molar-refractivity contribution in [3.63, 3.8) is 0 Å². The number of thiazole rings is 1. The van der Waals surface area contributed by atoms with Crippen LogP contribution in [-0.2, 0) is 6.54 Å². The first kappa shape index (κ1) is 16.9. The number of hydrogen-bond donors (Lipinski definition) is 0. The second-order valence-corrected chi connectivity index (χ2v) is 7.19. The molecule has 4 rings (SSSR count). The number of pyridine rings is 1. The van der Waals surface area contributed by atoms with Gasteiger partial charge in [-0.2, -0.15) is 0 Å². The van der Waals surface area contributed by atoms with Crippen LogP contribution in [0.2, 0.25) is 0 Å². The van der Waals surface area contributed by atoms with Crippen LogP contribution in [0.15, 0.2) is 60.2 Å². The number of aromatic nitrogens is 2. The van der Waals surface area contributed by atoms with Crippen LogP contribution in [0, 0.1) is 0 Å². The Bertz CT molecular complexity index is 858. The molecule has 132 valence electrons. The Balaban J connectivity index is 1.36. The third-order valence-corrected chi connectivity index (χ3v) is 5.45. The number of amides is 1. The van der Waals surface area contributed by atoms with Gasteiger partial charge in [-0.1, -0.05) is 30.3 Å². The summed E-state index contributed by atoms with van der Waals surface area (Å²) in [5.41, 5.74) is 2.86. The molecule has 1 amide bonds. The number of rotatable bonds is 4. The van der Waals surface area contributed by atoms with Crippen LogP contribution >= 0.6 is 11.3 Å². The fraction of sp³-hybridized carbons (Fsp3) is 0.250. The van der Waals surface area contributed by atoms with Gasteiger partial charge in [0, 0.05) is 56.1 Å². The first-order valence-electron chi connectivity index (χ1n) is 8.71. The molecule has 1 aliphatic heterocycles. The number of carbonyl (C=O) groups excluding carboxylic acids is 1. The highest BCUT2D eigenvalue weighted by atomic mass is 32.1. The van der Waals surface area contributed by atoms with Crippen LogP contribution in [0.4, 0.5) is 0 Å². The minimum absolute atomic E-state index is 0.0343. The molecule has 0 N–H and O–H groups in total. The molecular weight excluding hydrogens is 344 g/mol. The van der Waals surface area contributed by atoms with Gasteiger partial charge in [-0.3, -0.25) is 14.7 Å². The highest BCUT2D eigenvalue weighted by Crippen LogP contribution is 2.24. The van der Waals surface area contributed by atoms with Crippen LogP contribution in [-0.4, -0.2) is 51.9 Å². The summed E-state index contributed by atoms with van der Waals surface area (Å²) in [4.78, 5) is 25.6. The normalized spacial score (nSPS) is 15.2. The van der Waals surface area contributed by atoms with E-state index in [4.69, 9.17) is 0 Å². The minimum Gasteiger partial charge on any atom is -0.335 e. The van der Waals surface area contributed by atoms with Crippen LogP contribution in [0.25, 0.3) is 10.6 Å². The van der Waals surface area contributed by atoms with Gasteiger partial charge in [0.1, 0.15) is 10.7 Å². The lowest BCUT2D eigenvalue weighted by Gasteiger charge is -2.34. The van der Waals surface area contributed by atoms with E-state index in [0.717, 1.165) is 43.3 Å². The third-order valence-electron chi connectivity index (χ3n) is 4.56. The molecule has 1 fully saturated rings. The lowest BCUT2D eigenvalue weighted by Crippen LogP contribution is -2.48. The standard InChI is InChI=1S/C20H20N4OS/c25-20(18-15-26-19(22-18)17-4-2-1-3-5-17)24-12-10-23(11-13-24)14-16-6-8-21-9-7-16/h1-9,15H,10-14H2. The number of carbonyl (C=O) groups is 1. The lowest BCUT2D eigenvalue weighted by molar-refractivity contribution is 0.0623. The van der Waals surface area contributed by atoms with Crippen LogP contribution in [0.1, 0.15) is 16.1 Å². The van der Waals surface area contributed by atoms with Gasteiger partial charge in [0.05, 0.1) is 0 Å². The SMILES string of the molecule is O=C(c1csc(-c2ccccc2)n1)N1CCN(Cc2ccncc2)CC1. The van der Waals surface area contributed by atoms with Crippen molar-refractivity contribution in [3.05, 3.63) is 71.5 Å². The van der Waals surface area contributed by atoms with Crippen molar-refractivity contribution in [1.82, 2.24) is 19.8 Å². The zero-order valence-corrected chi connectivity index (χ0v) is 15.2. The van der Waals surface area contributed by atoms with Crippen molar-refractivity contribution in [2.45, 2.75) is 6.54 Å². The smallest absolute Gasteiger partial charge is 0.273 e. The van der Waals surface area contributed by atoms with Crippen LogP contribution < -0.4 is 0 Å². The summed E-state index contributed by atoms with van der Waals surface area (Å²) in [6.07, 6.45) is 3.64. The van der Waals surface area contributed by atoms with Gasteiger partial charge in [0.15, 0.2) is 0 Å². The predicted octanol–water partition coefficient (Wildman–Crippen LogP) is 3.16. The molecule has 1 aliphatic rings. The van der Waals surface area contributed by atoms with Gasteiger partial charge in [-0.05, 0) is 17.7 Å². The van der Waals surface area contributed by atoms with E-state index in [1.54, 1.807) is 0 Å². The Morgan fingerprint density at radius 1 is 1.00 bits per heavy atom. The summed E-state index contributed by atoms with van der Waals surface area (Å²) in [6.45, 7) is 4.14. The van der Waals surface area contributed by atoms with Gasteiger partial charge >= 0.3 is 0 Å². The van der Waals surface area contributed by atoms with Gasteiger partial charge in [-0.15, -0.1) is 11.3 Å². The molecule has 1 saturated heterocycles. The largest absolute Gasteiger partial charge is 0.335 e. The summed E-state index contributed by atoms with van der Waals surface area (Å²) in [5.74, 6) is 0.0343. The maximum absolute atomic E-state index is 12.8. The van der Waals surface area contributed by atoms with E-state index >= 15 is 0 Å². The van der Waals surface area contributed by atoms with Crippen molar-refractivity contribution in [2.75, 3.05) is 26.2 Å². The molecular formula is C20H20N4OS. The summed E-state index contributed by atoms with van der Waals surface area (Å²) >= 11 is 1.52. The Kier molecular flexibility index (Phi) is 5.04. The van der Waals surface area contributed by atoms with E-state index in [0.29, 0.717) is 5.69 Å². The fourth-order valence-electron chi connectivity index (χ4n) is 3.10. The van der Waals surface area contributed by atoms with E-state index in [2.05, 4.69) is 14.9 Å². The molecule has 6 heteroatoms. The van der Waals surface area contributed by atoms with Crippen LogP contribution in [0.3, 0.4) is 0 Å². The van der Waals surface area contributed by atoms with Gasteiger partial charge < -0.3 is 4.90 Å². The Morgan fingerprint density at radius 3 is 2.46 bits per heavy atom. The van der Waals surface area contributed by atoms with E-state index in [1.165, 1.54) is 16.9 Å². The molecule has 0 radical (unpaired) electrons. The number of piperazine rings is 1. The summed E-state index contributed by atoms with van der Waals surface area (Å²) in [7, 11) is 0. The molecule has 0 atom stereocenters. The Morgan fingerprint density at radius 2 is 1.73 bits per heavy atom. The molecule has 1 aromatic carbocycles. The summed E-state index contributed by atoms with van der Waals surface area (Å²) in [5, 5.41) is 2.76. The highest BCUT2D eigenvalue weighted by Gasteiger charge is 2.24. The molecule has 0 aliphatic carbocycles. The van der Waals surface area contributed by atoms with Gasteiger partial charge in [0.2, 0.25) is 0 Å². The quantitative estimate of drug-likeness (QED) is 0.714. The predicted molar refractivity (Wildman–Crippen MR) is 103 cm³/mol. The van der Waals surface area contributed by atoms with E-state index in [9.17, 15) is 4.79 Å². The number of benzene rings is 1. The second-order valence-electron chi connectivity index (χ2n) is 6.33. The minimum atomic E-state index is 0.0343. The van der Waals surface area contributed by atoms with Crippen molar-refractivity contribution in [1.29, 1.82) is 0 Å². The van der Waals surface area contributed by atoms with Gasteiger partial charge in [0.25, 0.3) is 5.91 Å². The molecule has 2 aromatic heterocycles. The molecule has 0 unspecified atom stereocenters. The van der Waals surface area contributed by atoms with Crippen LogP contribution in [0.5, 0.6) is 0 Å². The molecule has 3 aromatic rings. The first-order chi connectivity index (χ1) is 12.8. The number of hydrogen-bond acceptors (Lipinski definition) is 5. The molecule has 0 spiro atoms. The van der Waals surface area contributed by atoms with Crippen molar-refractivity contribution >= 4 is 17.2 Å². The van der Waals surface area contributed by atoms with Crippen molar-refractivity contribution in [2.24, 2.45) is 0 Å². The fourth-order valence-corrected chi connectivity index (χ4v) is 3.90. The highest BCUT2D eigenvalue weighted by molar-refractivity contribution is 7.13. The monoisotopic (exact) mass is 364 g/mol. The molecule has 5 nitrogen and oxygen atoms in total. The topological polar surface area (TPSA) is 49.3 Å². The van der Waals surface area contributed by atoms with Crippen molar-refractivity contribution in [3.8, 4) is 10.6 Å². The first-order valence-corrected chi connectivity index (χ1v) is 9.59. The molecule has 26 heavy (non-hydrogen) atoms. The van der Waals surface area contributed by atoms with Gasteiger partial charge in [-0.25, -0.2) is 4.98 Å². The summed E-state index contributed by atoms with van der Waals surface area (Å²) in [6, 6.07) is 14.1. The zero-order chi connectivity index (χ0) is 17.8. The molecule has 0 bridgehead atoms. The zero-order valence-electron chi connectivity index (χ0n) is 14.4. The Labute approximate surface area is 156 Å². The lowest BCUT2D eigenvalue weighted by atomic mass is 10.2. The van der Waals surface area contributed by atoms with E-state index < -0.39 is 0 Å². The average molecular weight is 364 g/mol.